The Bertz CT molecular complexity index is 488. The van der Waals surface area contributed by atoms with Crippen LogP contribution in [-0.4, -0.2) is 11.9 Å². The van der Waals surface area contributed by atoms with Gasteiger partial charge in [-0.2, -0.15) is 0 Å². The Morgan fingerprint density at radius 3 is 2.93 bits per heavy atom. The molecule has 0 bridgehead atoms. The second-order valence-corrected chi connectivity index (χ2v) is 3.42. The number of amides is 1. The number of hydrogen-bond acceptors (Lipinski definition) is 3. The van der Waals surface area contributed by atoms with Crippen molar-refractivity contribution in [1.82, 2.24) is 0 Å². The zero-order chi connectivity index (χ0) is 10.8. The van der Waals surface area contributed by atoms with Crippen LogP contribution in [0.3, 0.4) is 0 Å². The van der Waals surface area contributed by atoms with Crippen molar-refractivity contribution < 1.29 is 9.21 Å². The lowest BCUT2D eigenvalue weighted by Gasteiger charge is -2.05. The predicted octanol–water partition coefficient (Wildman–Crippen LogP) is 1.72. The number of carbonyl (C=O) groups is 1. The maximum absolute atomic E-state index is 11.4. The molecule has 0 spiro atoms. The molecule has 4 heteroatoms. The predicted molar refractivity (Wildman–Crippen MR) is 58.5 cm³/mol. The summed E-state index contributed by atoms with van der Waals surface area (Å²) in [5.41, 5.74) is 6.86. The number of nitrogens with two attached hydrogens (primary N) is 1. The van der Waals surface area contributed by atoms with Gasteiger partial charge >= 0.3 is 0 Å². The second kappa shape index (κ2) is 3.74. The van der Waals surface area contributed by atoms with Gasteiger partial charge < -0.3 is 15.5 Å². The van der Waals surface area contributed by atoms with Gasteiger partial charge in [-0.1, -0.05) is 12.1 Å². The first-order valence-electron chi connectivity index (χ1n) is 4.71. The Labute approximate surface area is 87.1 Å². The van der Waals surface area contributed by atoms with Gasteiger partial charge in [0.2, 0.25) is 5.91 Å². The van der Waals surface area contributed by atoms with Gasteiger partial charge in [0.1, 0.15) is 11.8 Å². The van der Waals surface area contributed by atoms with E-state index in [0.717, 1.165) is 11.0 Å². The van der Waals surface area contributed by atoms with Gasteiger partial charge in [-0.05, 0) is 19.1 Å². The molecule has 0 saturated heterocycles. The van der Waals surface area contributed by atoms with Crippen molar-refractivity contribution in [3.63, 3.8) is 0 Å². The Morgan fingerprint density at radius 1 is 1.47 bits per heavy atom. The molecule has 1 atom stereocenters. The second-order valence-electron chi connectivity index (χ2n) is 3.42. The van der Waals surface area contributed by atoms with Crippen molar-refractivity contribution in [1.29, 1.82) is 0 Å². The van der Waals surface area contributed by atoms with Crippen molar-refractivity contribution >= 4 is 22.6 Å². The van der Waals surface area contributed by atoms with Crippen LogP contribution in [0.1, 0.15) is 6.92 Å². The van der Waals surface area contributed by atoms with Crippen LogP contribution in [0.4, 0.5) is 5.69 Å². The third kappa shape index (κ3) is 1.85. The molecule has 1 heterocycles. The summed E-state index contributed by atoms with van der Waals surface area (Å²) in [4.78, 5) is 11.4. The van der Waals surface area contributed by atoms with Crippen LogP contribution in [0, 0.1) is 0 Å². The van der Waals surface area contributed by atoms with E-state index >= 15 is 0 Å². The lowest BCUT2D eigenvalue weighted by molar-refractivity contribution is -0.117. The van der Waals surface area contributed by atoms with Gasteiger partial charge in [0, 0.05) is 5.39 Å². The van der Waals surface area contributed by atoms with Crippen LogP contribution < -0.4 is 11.1 Å². The first-order valence-corrected chi connectivity index (χ1v) is 4.71. The van der Waals surface area contributed by atoms with E-state index in [9.17, 15) is 4.79 Å². The van der Waals surface area contributed by atoms with Crippen molar-refractivity contribution in [2.45, 2.75) is 13.0 Å². The Balaban J connectivity index is 2.33. The molecule has 1 amide bonds. The van der Waals surface area contributed by atoms with Crippen LogP contribution in [-0.2, 0) is 4.79 Å². The molecule has 15 heavy (non-hydrogen) atoms. The molecule has 3 N–H and O–H groups in total. The summed E-state index contributed by atoms with van der Waals surface area (Å²) in [5, 5.41) is 3.59. The highest BCUT2D eigenvalue weighted by Gasteiger charge is 2.11. The fourth-order valence-electron chi connectivity index (χ4n) is 1.32. The van der Waals surface area contributed by atoms with Crippen molar-refractivity contribution in [2.75, 3.05) is 5.32 Å². The Kier molecular flexibility index (Phi) is 2.43. The number of hydrogen-bond donors (Lipinski definition) is 2. The third-order valence-corrected chi connectivity index (χ3v) is 2.15. The molecule has 0 fully saturated rings. The minimum absolute atomic E-state index is 0.221. The molecule has 1 aromatic carbocycles. The SMILES string of the molecule is CC(N)C(=O)Nc1coc2ccccc12. The van der Waals surface area contributed by atoms with Gasteiger partial charge in [0.05, 0.1) is 11.7 Å². The highest BCUT2D eigenvalue weighted by molar-refractivity contribution is 6.02. The monoisotopic (exact) mass is 204 g/mol. The minimum Gasteiger partial charge on any atom is -0.462 e. The van der Waals surface area contributed by atoms with Gasteiger partial charge in [0.15, 0.2) is 0 Å². The smallest absolute Gasteiger partial charge is 0.241 e. The third-order valence-electron chi connectivity index (χ3n) is 2.15. The van der Waals surface area contributed by atoms with Crippen molar-refractivity contribution in [2.24, 2.45) is 5.73 Å². The van der Waals surface area contributed by atoms with Crippen LogP contribution >= 0.6 is 0 Å². The van der Waals surface area contributed by atoms with Crippen LogP contribution in [0.15, 0.2) is 34.9 Å². The fraction of sp³-hybridized carbons (Fsp3) is 0.182. The molecule has 0 saturated carbocycles. The quantitative estimate of drug-likeness (QED) is 0.782. The molecular weight excluding hydrogens is 192 g/mol. The maximum Gasteiger partial charge on any atom is 0.241 e. The number of rotatable bonds is 2. The number of carbonyl (C=O) groups excluding carboxylic acids is 1. The molecule has 2 aromatic rings. The van der Waals surface area contributed by atoms with E-state index in [2.05, 4.69) is 5.32 Å². The van der Waals surface area contributed by atoms with Crippen molar-refractivity contribution in [3.05, 3.63) is 30.5 Å². The number of anilines is 1. The van der Waals surface area contributed by atoms with E-state index in [4.69, 9.17) is 10.2 Å². The summed E-state index contributed by atoms with van der Waals surface area (Å²) < 4.78 is 5.27. The zero-order valence-electron chi connectivity index (χ0n) is 8.36. The minimum atomic E-state index is -0.529. The first-order chi connectivity index (χ1) is 7.18. The van der Waals surface area contributed by atoms with E-state index in [1.807, 2.05) is 24.3 Å². The molecule has 1 aromatic heterocycles. The molecule has 0 aliphatic carbocycles. The summed E-state index contributed by atoms with van der Waals surface area (Å²) in [5.74, 6) is -0.221. The van der Waals surface area contributed by atoms with Crippen molar-refractivity contribution in [3.8, 4) is 0 Å². The number of para-hydroxylation sites is 1. The largest absolute Gasteiger partial charge is 0.462 e. The number of nitrogens with one attached hydrogen (secondary N) is 1. The molecule has 0 aliphatic heterocycles. The van der Waals surface area contributed by atoms with Gasteiger partial charge in [-0.25, -0.2) is 0 Å². The molecule has 1 unspecified atom stereocenters. The molecule has 0 aliphatic rings. The number of benzene rings is 1. The van der Waals surface area contributed by atoms with E-state index < -0.39 is 6.04 Å². The lowest BCUT2D eigenvalue weighted by atomic mass is 10.2. The Hall–Kier alpha value is -1.81. The molecule has 0 radical (unpaired) electrons. The average molecular weight is 204 g/mol. The highest BCUT2D eigenvalue weighted by atomic mass is 16.3. The van der Waals surface area contributed by atoms with E-state index in [1.54, 1.807) is 6.92 Å². The summed E-state index contributed by atoms with van der Waals surface area (Å²) in [6.45, 7) is 1.64. The molecule has 2 rings (SSSR count). The lowest BCUT2D eigenvalue weighted by Crippen LogP contribution is -2.32. The first kappa shape index (κ1) is 9.73. The van der Waals surface area contributed by atoms with Gasteiger partial charge in [0.25, 0.3) is 0 Å². The van der Waals surface area contributed by atoms with Crippen LogP contribution in [0.25, 0.3) is 11.0 Å². The maximum atomic E-state index is 11.4. The standard InChI is InChI=1S/C11H12N2O2/c1-7(12)11(14)13-9-6-15-10-5-3-2-4-8(9)10/h2-7H,12H2,1H3,(H,13,14). The molecule has 4 nitrogen and oxygen atoms in total. The normalized spacial score (nSPS) is 12.7. The summed E-state index contributed by atoms with van der Waals surface area (Å²) in [6.07, 6.45) is 1.52. The van der Waals surface area contributed by atoms with Gasteiger partial charge in [-0.3, -0.25) is 4.79 Å². The van der Waals surface area contributed by atoms with Gasteiger partial charge in [-0.15, -0.1) is 0 Å². The van der Waals surface area contributed by atoms with E-state index in [1.165, 1.54) is 6.26 Å². The topological polar surface area (TPSA) is 68.3 Å². The van der Waals surface area contributed by atoms with Crippen LogP contribution in [0.5, 0.6) is 0 Å². The average Bonchev–Trinajstić information content (AvgIpc) is 2.62. The van der Waals surface area contributed by atoms with Crippen LogP contribution in [0.2, 0.25) is 0 Å². The highest BCUT2D eigenvalue weighted by Crippen LogP contribution is 2.25. The summed E-state index contributed by atoms with van der Waals surface area (Å²) in [7, 11) is 0. The number of furan rings is 1. The summed E-state index contributed by atoms with van der Waals surface area (Å²) >= 11 is 0. The number of fused-ring (bicyclic) bond motifs is 1. The van der Waals surface area contributed by atoms with E-state index in [0.29, 0.717) is 5.69 Å². The fourth-order valence-corrected chi connectivity index (χ4v) is 1.32. The molecule has 78 valence electrons. The Morgan fingerprint density at radius 2 is 2.20 bits per heavy atom. The summed E-state index contributed by atoms with van der Waals surface area (Å²) in [6, 6.07) is 6.97. The van der Waals surface area contributed by atoms with E-state index in [-0.39, 0.29) is 5.91 Å². The zero-order valence-corrected chi connectivity index (χ0v) is 8.36. The molecular formula is C11H12N2O2.